The van der Waals surface area contributed by atoms with Gasteiger partial charge in [-0.15, -0.1) is 20.7 Å². The molecule has 2 aliphatic rings. The molecule has 0 fully saturated rings. The Balaban J connectivity index is 2.12. The lowest BCUT2D eigenvalue weighted by Gasteiger charge is -2.32. The second-order valence-electron chi connectivity index (χ2n) is 6.32. The molecule has 0 bridgehead atoms. The van der Waals surface area contributed by atoms with Crippen molar-refractivity contribution in [1.29, 1.82) is 0 Å². The first-order valence-electron chi connectivity index (χ1n) is 10.6. The third-order valence-electron chi connectivity index (χ3n) is 4.37. The zero-order valence-electron chi connectivity index (χ0n) is 18.9. The average Bonchev–Trinajstić information content (AvgIpc) is 2.74. The van der Waals surface area contributed by atoms with Crippen molar-refractivity contribution >= 4 is 33.3 Å². The van der Waals surface area contributed by atoms with Crippen molar-refractivity contribution in [2.45, 2.75) is 41.5 Å². The number of hydrogen-bond donors (Lipinski definition) is 4. The molecule has 0 amide bonds. The van der Waals surface area contributed by atoms with Crippen molar-refractivity contribution in [2.75, 3.05) is 39.3 Å². The van der Waals surface area contributed by atoms with Crippen molar-refractivity contribution in [2.24, 2.45) is 10.2 Å². The third-order valence-corrected chi connectivity index (χ3v) is 6.56. The standard InChI is InChI=1S/C18H36N10S2/c1-7-19-27-21-15(25(9-3)10-4)13-17(23-27)29-30-18-14-16(26(11-5)12-6)22-28(24-18)20-8-2/h13-14,19-20,23-24H,7-12H2,1-6H3. The largest absolute Gasteiger partial charge is 0.356 e. The topological polar surface area (TPSA) is 85.8 Å². The van der Waals surface area contributed by atoms with E-state index < -0.39 is 0 Å². The van der Waals surface area contributed by atoms with Crippen LogP contribution in [0.1, 0.15) is 41.5 Å². The van der Waals surface area contributed by atoms with Crippen LogP contribution in [0, 0.1) is 0 Å². The van der Waals surface area contributed by atoms with Gasteiger partial charge < -0.3 is 9.80 Å². The number of amidine groups is 2. The summed E-state index contributed by atoms with van der Waals surface area (Å²) in [6.45, 7) is 17.8. The summed E-state index contributed by atoms with van der Waals surface area (Å²) in [6.07, 6.45) is 4.17. The van der Waals surface area contributed by atoms with Gasteiger partial charge in [-0.2, -0.15) is 10.9 Å². The average molecular weight is 457 g/mol. The van der Waals surface area contributed by atoms with E-state index in [-0.39, 0.29) is 0 Å². The minimum absolute atomic E-state index is 0.779. The molecule has 0 atom stereocenters. The Bertz CT molecular complexity index is 599. The van der Waals surface area contributed by atoms with Gasteiger partial charge in [0, 0.05) is 51.4 Å². The van der Waals surface area contributed by atoms with Crippen LogP contribution < -0.4 is 21.7 Å². The molecule has 0 unspecified atom stereocenters. The molecule has 0 aliphatic carbocycles. The molecule has 0 aromatic carbocycles. The summed E-state index contributed by atoms with van der Waals surface area (Å²) in [6, 6.07) is 0. The van der Waals surface area contributed by atoms with Gasteiger partial charge in [-0.05, 0) is 49.3 Å². The van der Waals surface area contributed by atoms with E-state index in [1.165, 1.54) is 0 Å². The summed E-state index contributed by atoms with van der Waals surface area (Å²) in [5, 5.41) is 14.6. The first-order valence-corrected chi connectivity index (χ1v) is 12.8. The molecule has 170 valence electrons. The van der Waals surface area contributed by atoms with Gasteiger partial charge in [0.25, 0.3) is 0 Å². The van der Waals surface area contributed by atoms with E-state index in [0.717, 1.165) is 61.0 Å². The Morgan fingerprint density at radius 3 is 1.40 bits per heavy atom. The van der Waals surface area contributed by atoms with E-state index in [2.05, 4.69) is 81.6 Å². The molecule has 0 radical (unpaired) electrons. The van der Waals surface area contributed by atoms with Crippen LogP contribution in [0.25, 0.3) is 0 Å². The number of likely N-dealkylation sites (N-methyl/N-ethyl adjacent to an activating group) is 2. The van der Waals surface area contributed by atoms with Gasteiger partial charge in [0.15, 0.2) is 11.7 Å². The molecule has 4 N–H and O–H groups in total. The minimum Gasteiger partial charge on any atom is -0.356 e. The lowest BCUT2D eigenvalue weighted by atomic mass is 10.4. The van der Waals surface area contributed by atoms with E-state index in [9.17, 15) is 0 Å². The maximum absolute atomic E-state index is 4.63. The molecule has 0 aromatic rings. The Morgan fingerprint density at radius 2 is 1.10 bits per heavy atom. The normalized spacial score (nSPS) is 16.2. The summed E-state index contributed by atoms with van der Waals surface area (Å²) in [5.74, 6) is 1.88. The Hall–Kier alpha value is -1.76. The van der Waals surface area contributed by atoms with Crippen LogP contribution in [0.5, 0.6) is 0 Å². The van der Waals surface area contributed by atoms with Gasteiger partial charge in [-0.3, -0.25) is 10.9 Å². The van der Waals surface area contributed by atoms with Crippen LogP contribution in [-0.2, 0) is 0 Å². The van der Waals surface area contributed by atoms with Crippen LogP contribution in [0.15, 0.2) is 32.4 Å². The molecule has 0 aromatic heterocycles. The van der Waals surface area contributed by atoms with E-state index in [4.69, 9.17) is 0 Å². The quantitative estimate of drug-likeness (QED) is 0.347. The lowest BCUT2D eigenvalue weighted by molar-refractivity contribution is 0.142. The number of nitrogens with one attached hydrogen (secondary N) is 4. The molecule has 2 aliphatic heterocycles. The van der Waals surface area contributed by atoms with Crippen molar-refractivity contribution < 1.29 is 0 Å². The van der Waals surface area contributed by atoms with Gasteiger partial charge in [0.1, 0.15) is 10.1 Å². The van der Waals surface area contributed by atoms with Crippen molar-refractivity contribution in [3.05, 3.63) is 22.2 Å². The molecule has 0 saturated heterocycles. The van der Waals surface area contributed by atoms with E-state index in [1.54, 1.807) is 32.0 Å². The number of rotatable bonds is 11. The molecule has 0 saturated carbocycles. The van der Waals surface area contributed by atoms with Crippen LogP contribution in [0.4, 0.5) is 0 Å². The van der Waals surface area contributed by atoms with E-state index in [0.29, 0.717) is 0 Å². The van der Waals surface area contributed by atoms with Gasteiger partial charge in [0.2, 0.25) is 0 Å². The van der Waals surface area contributed by atoms with Crippen LogP contribution in [0.3, 0.4) is 0 Å². The van der Waals surface area contributed by atoms with Gasteiger partial charge in [-0.1, -0.05) is 13.8 Å². The minimum atomic E-state index is 0.779. The number of hydrazine groups is 4. The smallest absolute Gasteiger partial charge is 0.155 e. The summed E-state index contributed by atoms with van der Waals surface area (Å²) in [7, 11) is 3.29. The highest BCUT2D eigenvalue weighted by Gasteiger charge is 2.20. The van der Waals surface area contributed by atoms with Crippen LogP contribution >= 0.6 is 21.6 Å². The second-order valence-corrected chi connectivity index (χ2v) is 8.53. The Labute approximate surface area is 188 Å². The number of hydrogen-bond acceptors (Lipinski definition) is 12. The van der Waals surface area contributed by atoms with Crippen molar-refractivity contribution in [1.82, 2.24) is 42.0 Å². The molecular formula is C18H36N10S2. The molecular weight excluding hydrogens is 420 g/mol. The Morgan fingerprint density at radius 1 is 0.733 bits per heavy atom. The number of hydrazone groups is 2. The zero-order chi connectivity index (χ0) is 21.9. The fourth-order valence-electron chi connectivity index (χ4n) is 2.85. The van der Waals surface area contributed by atoms with Gasteiger partial charge in [0.05, 0.1) is 0 Å². The van der Waals surface area contributed by atoms with Crippen LogP contribution in [-0.4, -0.2) is 71.2 Å². The van der Waals surface area contributed by atoms with Crippen molar-refractivity contribution in [3.8, 4) is 0 Å². The summed E-state index contributed by atoms with van der Waals surface area (Å²) in [4.78, 5) is 4.46. The molecule has 0 spiro atoms. The third kappa shape index (κ3) is 6.89. The second kappa shape index (κ2) is 12.8. The molecule has 2 heterocycles. The predicted octanol–water partition coefficient (Wildman–Crippen LogP) is 2.05. The Kier molecular flexibility index (Phi) is 10.5. The van der Waals surface area contributed by atoms with Gasteiger partial charge >= 0.3 is 0 Å². The van der Waals surface area contributed by atoms with Crippen LogP contribution in [0.2, 0.25) is 0 Å². The maximum Gasteiger partial charge on any atom is 0.155 e. The van der Waals surface area contributed by atoms with Crippen molar-refractivity contribution in [3.63, 3.8) is 0 Å². The summed E-state index contributed by atoms with van der Waals surface area (Å²) in [5.41, 5.74) is 13.0. The maximum atomic E-state index is 4.63. The zero-order valence-corrected chi connectivity index (χ0v) is 20.5. The fourth-order valence-corrected chi connectivity index (χ4v) is 4.63. The molecule has 10 nitrogen and oxygen atoms in total. The predicted molar refractivity (Wildman–Crippen MR) is 129 cm³/mol. The summed E-state index contributed by atoms with van der Waals surface area (Å²) < 4.78 is 0. The fraction of sp³-hybridized carbons (Fsp3) is 0.667. The summed E-state index contributed by atoms with van der Waals surface area (Å²) >= 11 is 0. The monoisotopic (exact) mass is 456 g/mol. The van der Waals surface area contributed by atoms with E-state index in [1.807, 2.05) is 13.8 Å². The first kappa shape index (κ1) is 24.5. The van der Waals surface area contributed by atoms with E-state index >= 15 is 0 Å². The van der Waals surface area contributed by atoms with Gasteiger partial charge in [-0.25, -0.2) is 0 Å². The SMILES string of the molecule is CCNN1N=C(N(CC)CC)C=C(SSC2=CC(N(CC)CC)=NN(NCC)N2)N1. The molecule has 2 rings (SSSR count). The molecule has 30 heavy (non-hydrogen) atoms. The highest BCUT2D eigenvalue weighted by Crippen LogP contribution is 2.35. The number of nitrogens with zero attached hydrogens (tertiary/aromatic N) is 6. The highest BCUT2D eigenvalue weighted by molar-refractivity contribution is 8.79. The lowest BCUT2D eigenvalue weighted by Crippen LogP contribution is -2.48. The highest BCUT2D eigenvalue weighted by atomic mass is 33.1. The first-order chi connectivity index (χ1) is 14.6. The molecule has 12 heteroatoms.